The van der Waals surface area contributed by atoms with Gasteiger partial charge in [0.1, 0.15) is 0 Å². The van der Waals surface area contributed by atoms with Gasteiger partial charge < -0.3 is 4.98 Å². The molecule has 0 radical (unpaired) electrons. The number of hydrogen-bond acceptors (Lipinski definition) is 3. The molecule has 1 saturated heterocycles. The highest BCUT2D eigenvalue weighted by Crippen LogP contribution is 2.23. The van der Waals surface area contributed by atoms with Crippen molar-refractivity contribution >= 4 is 23.0 Å². The van der Waals surface area contributed by atoms with Crippen molar-refractivity contribution in [1.29, 1.82) is 0 Å². The van der Waals surface area contributed by atoms with Crippen molar-refractivity contribution in [2.75, 3.05) is 12.3 Å². The fraction of sp³-hybridized carbons (Fsp3) is 0.364. The first-order valence-electron chi connectivity index (χ1n) is 5.22. The first-order valence-corrected chi connectivity index (χ1v) is 6.16. The quantitative estimate of drug-likeness (QED) is 0.787. The summed E-state index contributed by atoms with van der Waals surface area (Å²) in [5, 5.41) is 0. The van der Waals surface area contributed by atoms with Crippen LogP contribution in [-0.2, 0) is 6.54 Å². The molecule has 1 aromatic heterocycles. The molecule has 1 N–H and O–H groups in total. The van der Waals surface area contributed by atoms with E-state index in [4.69, 9.17) is 0 Å². The number of nitrogens with one attached hydrogen (secondary N) is 1. The summed E-state index contributed by atoms with van der Waals surface area (Å²) < 4.78 is 2.43. The number of rotatable bonds is 2. The lowest BCUT2D eigenvalue weighted by atomic mass is 10.2. The summed E-state index contributed by atoms with van der Waals surface area (Å²) in [6.07, 6.45) is 3.07. The highest BCUT2D eigenvalue weighted by Gasteiger charge is 2.12. The van der Waals surface area contributed by atoms with E-state index < -0.39 is 0 Å². The van der Waals surface area contributed by atoms with Gasteiger partial charge in [0.2, 0.25) is 0 Å². The molecule has 0 amide bonds. The van der Waals surface area contributed by atoms with Crippen LogP contribution in [0.2, 0.25) is 0 Å². The first kappa shape index (κ1) is 9.24. The van der Waals surface area contributed by atoms with Crippen LogP contribution in [0.4, 0.5) is 0 Å². The lowest BCUT2D eigenvalue weighted by Gasteiger charge is -2.12. The topological polar surface area (TPSA) is 31.9 Å². The number of aromatic nitrogens is 2. The van der Waals surface area contributed by atoms with E-state index in [1.807, 2.05) is 11.9 Å². The van der Waals surface area contributed by atoms with Gasteiger partial charge in [0.05, 0.1) is 17.4 Å². The van der Waals surface area contributed by atoms with Crippen molar-refractivity contribution in [2.45, 2.75) is 13.0 Å². The van der Waals surface area contributed by atoms with E-state index in [1.165, 1.54) is 24.3 Å². The molecule has 1 aromatic carbocycles. The lowest BCUT2D eigenvalue weighted by molar-refractivity contribution is 0.493. The van der Waals surface area contributed by atoms with Crippen LogP contribution in [-0.4, -0.2) is 26.6 Å². The summed E-state index contributed by atoms with van der Waals surface area (Å²) in [7, 11) is 0. The molecule has 2 heterocycles. The molecule has 1 aliphatic rings. The molecule has 0 aliphatic carbocycles. The average molecular weight is 219 g/mol. The smallest absolute Gasteiger partial charge is 0.0931 e. The molecular weight excluding hydrogens is 206 g/mol. The molecule has 0 saturated carbocycles. The number of imidazole rings is 1. The maximum absolute atomic E-state index is 4.22. The second kappa shape index (κ2) is 3.87. The van der Waals surface area contributed by atoms with Gasteiger partial charge in [0.15, 0.2) is 0 Å². The zero-order chi connectivity index (χ0) is 10.1. The van der Waals surface area contributed by atoms with Crippen LogP contribution in [0.15, 0.2) is 24.5 Å². The summed E-state index contributed by atoms with van der Waals surface area (Å²) in [6, 6.07) is 6.45. The zero-order valence-corrected chi connectivity index (χ0v) is 9.26. The number of fused-ring (bicyclic) bond motifs is 1. The van der Waals surface area contributed by atoms with Crippen molar-refractivity contribution in [3.63, 3.8) is 0 Å². The Balaban J connectivity index is 1.84. The Morgan fingerprint density at radius 2 is 2.47 bits per heavy atom. The largest absolute Gasteiger partial charge is 0.345 e. The Labute approximate surface area is 93.0 Å². The standard InChI is InChI=1S/C11H13N3S/c1-4-14(15-5-1)7-9-2-3-10-11(6-9)13-8-12-10/h2-3,6,8H,1,4-5,7H2,(H,12,13). The Hall–Kier alpha value is -1.00. The Morgan fingerprint density at radius 3 is 3.33 bits per heavy atom. The molecule has 78 valence electrons. The van der Waals surface area contributed by atoms with Crippen molar-refractivity contribution in [1.82, 2.24) is 14.3 Å². The molecule has 2 aromatic rings. The normalized spacial score (nSPS) is 17.6. The minimum atomic E-state index is 1.04. The van der Waals surface area contributed by atoms with Crippen LogP contribution in [0.3, 0.4) is 0 Å². The maximum atomic E-state index is 4.22. The van der Waals surface area contributed by atoms with Gasteiger partial charge in [-0.05, 0) is 24.1 Å². The highest BCUT2D eigenvalue weighted by molar-refractivity contribution is 7.97. The molecule has 0 atom stereocenters. The van der Waals surface area contributed by atoms with Gasteiger partial charge in [0.25, 0.3) is 0 Å². The third kappa shape index (κ3) is 1.87. The number of nitrogens with zero attached hydrogens (tertiary/aromatic N) is 2. The summed E-state index contributed by atoms with van der Waals surface area (Å²) in [5.41, 5.74) is 3.55. The maximum Gasteiger partial charge on any atom is 0.0931 e. The van der Waals surface area contributed by atoms with Crippen molar-refractivity contribution in [3.8, 4) is 0 Å². The van der Waals surface area contributed by atoms with Crippen LogP contribution in [0.5, 0.6) is 0 Å². The molecule has 15 heavy (non-hydrogen) atoms. The Morgan fingerprint density at radius 1 is 1.47 bits per heavy atom. The van der Waals surface area contributed by atoms with Crippen molar-refractivity contribution in [3.05, 3.63) is 30.1 Å². The van der Waals surface area contributed by atoms with E-state index in [-0.39, 0.29) is 0 Å². The van der Waals surface area contributed by atoms with Crippen molar-refractivity contribution < 1.29 is 0 Å². The summed E-state index contributed by atoms with van der Waals surface area (Å²) >= 11 is 1.95. The van der Waals surface area contributed by atoms with Crippen molar-refractivity contribution in [2.24, 2.45) is 0 Å². The lowest BCUT2D eigenvalue weighted by Crippen LogP contribution is -2.10. The number of hydrogen-bond donors (Lipinski definition) is 1. The third-order valence-corrected chi connectivity index (χ3v) is 3.82. The van der Waals surface area contributed by atoms with Gasteiger partial charge in [-0.15, -0.1) is 0 Å². The summed E-state index contributed by atoms with van der Waals surface area (Å²) in [5.74, 6) is 1.27. The molecule has 3 nitrogen and oxygen atoms in total. The summed E-state index contributed by atoms with van der Waals surface area (Å²) in [4.78, 5) is 7.37. The molecule has 0 unspecified atom stereocenters. The number of benzene rings is 1. The van der Waals surface area contributed by atoms with Gasteiger partial charge in [-0.1, -0.05) is 18.0 Å². The van der Waals surface area contributed by atoms with E-state index in [9.17, 15) is 0 Å². The fourth-order valence-electron chi connectivity index (χ4n) is 1.91. The zero-order valence-electron chi connectivity index (χ0n) is 8.44. The average Bonchev–Trinajstić information content (AvgIpc) is 2.87. The predicted molar refractivity (Wildman–Crippen MR) is 63.6 cm³/mol. The van der Waals surface area contributed by atoms with E-state index in [0.717, 1.165) is 17.6 Å². The van der Waals surface area contributed by atoms with Gasteiger partial charge in [-0.25, -0.2) is 9.29 Å². The van der Waals surface area contributed by atoms with Crippen LogP contribution in [0.25, 0.3) is 11.0 Å². The minimum absolute atomic E-state index is 1.04. The Bertz CT molecular complexity index is 460. The van der Waals surface area contributed by atoms with Gasteiger partial charge in [0, 0.05) is 18.8 Å². The second-order valence-corrected chi connectivity index (χ2v) is 4.99. The van der Waals surface area contributed by atoms with Crippen LogP contribution in [0.1, 0.15) is 12.0 Å². The molecule has 1 aliphatic heterocycles. The van der Waals surface area contributed by atoms with Crippen LogP contribution in [0, 0.1) is 0 Å². The number of H-pyrrole nitrogens is 1. The molecule has 0 spiro atoms. The van der Waals surface area contributed by atoms with Gasteiger partial charge >= 0.3 is 0 Å². The highest BCUT2D eigenvalue weighted by atomic mass is 32.2. The van der Waals surface area contributed by atoms with Gasteiger partial charge in [-0.3, -0.25) is 0 Å². The summed E-state index contributed by atoms with van der Waals surface area (Å²) in [6.45, 7) is 2.26. The van der Waals surface area contributed by atoms with E-state index >= 15 is 0 Å². The van der Waals surface area contributed by atoms with Gasteiger partial charge in [-0.2, -0.15) is 0 Å². The minimum Gasteiger partial charge on any atom is -0.345 e. The second-order valence-electron chi connectivity index (χ2n) is 3.80. The van der Waals surface area contributed by atoms with E-state index in [2.05, 4.69) is 32.5 Å². The molecule has 3 rings (SSSR count). The van der Waals surface area contributed by atoms with Crippen LogP contribution >= 0.6 is 11.9 Å². The Kier molecular flexibility index (Phi) is 2.38. The van der Waals surface area contributed by atoms with E-state index in [0.29, 0.717) is 0 Å². The number of aromatic amines is 1. The first-order chi connectivity index (χ1) is 7.42. The molecule has 0 bridgehead atoms. The van der Waals surface area contributed by atoms with E-state index in [1.54, 1.807) is 6.33 Å². The molecule has 4 heteroatoms. The third-order valence-electron chi connectivity index (χ3n) is 2.67. The predicted octanol–water partition coefficient (Wildman–Crippen LogP) is 2.42. The monoisotopic (exact) mass is 219 g/mol. The SMILES string of the molecule is c1nc2ccc(CN3CCCS3)cc2[nH]1. The molecular formula is C11H13N3S. The fourth-order valence-corrected chi connectivity index (χ4v) is 2.92. The molecule has 1 fully saturated rings. The van der Waals surface area contributed by atoms with Crippen LogP contribution < -0.4 is 0 Å².